The third kappa shape index (κ3) is 4.44. The molecule has 1 aliphatic rings. The minimum Gasteiger partial charge on any atom is -0.478 e. The van der Waals surface area contributed by atoms with Crippen LogP contribution in [0, 0.1) is 0 Å². The molecule has 3 aromatic rings. The monoisotopic (exact) mass is 426 g/mol. The predicted octanol–water partition coefficient (Wildman–Crippen LogP) is 4.59. The van der Waals surface area contributed by atoms with Crippen molar-refractivity contribution in [3.63, 3.8) is 0 Å². The quantitative estimate of drug-likeness (QED) is 0.461. The summed E-state index contributed by atoms with van der Waals surface area (Å²) in [6, 6.07) is 18.1. The highest BCUT2D eigenvalue weighted by Crippen LogP contribution is 2.23. The van der Waals surface area contributed by atoms with Crippen molar-refractivity contribution < 1.29 is 19.5 Å². The van der Waals surface area contributed by atoms with Crippen LogP contribution in [0.15, 0.2) is 78.9 Å². The van der Waals surface area contributed by atoms with Crippen molar-refractivity contribution in [2.24, 2.45) is 0 Å². The number of amides is 2. The van der Waals surface area contributed by atoms with E-state index in [9.17, 15) is 19.5 Å². The molecule has 2 N–H and O–H groups in total. The fourth-order valence-corrected chi connectivity index (χ4v) is 3.68. The van der Waals surface area contributed by atoms with Crippen LogP contribution in [0.3, 0.4) is 0 Å². The van der Waals surface area contributed by atoms with Crippen molar-refractivity contribution in [2.75, 3.05) is 18.4 Å². The molecular formula is C26H22N2O4. The van der Waals surface area contributed by atoms with Crippen molar-refractivity contribution in [3.8, 4) is 0 Å². The van der Waals surface area contributed by atoms with E-state index in [1.807, 2.05) is 61.5 Å². The van der Waals surface area contributed by atoms with Crippen LogP contribution in [0.1, 0.15) is 33.2 Å². The number of hydrogen-bond acceptors (Lipinski definition) is 3. The minimum atomic E-state index is -1.18. The number of nitrogens with zero attached hydrogens (tertiary/aromatic N) is 1. The zero-order valence-electron chi connectivity index (χ0n) is 17.5. The molecule has 0 bridgehead atoms. The van der Waals surface area contributed by atoms with Crippen LogP contribution in [0.4, 0.5) is 5.69 Å². The fraction of sp³-hybridized carbons (Fsp3) is 0.115. The molecule has 3 aromatic carbocycles. The van der Waals surface area contributed by atoms with Crippen molar-refractivity contribution in [1.29, 1.82) is 0 Å². The second-order valence-corrected chi connectivity index (χ2v) is 7.63. The first kappa shape index (κ1) is 21.1. The maximum Gasteiger partial charge on any atom is 0.337 e. The molecule has 0 saturated carbocycles. The number of fused-ring (bicyclic) bond motifs is 1. The Morgan fingerprint density at radius 1 is 0.906 bits per heavy atom. The maximum atomic E-state index is 12.7. The summed E-state index contributed by atoms with van der Waals surface area (Å²) in [6.45, 7) is 2.84. The van der Waals surface area contributed by atoms with Crippen molar-refractivity contribution in [1.82, 2.24) is 4.90 Å². The topological polar surface area (TPSA) is 86.7 Å². The third-order valence-electron chi connectivity index (χ3n) is 5.41. The van der Waals surface area contributed by atoms with E-state index >= 15 is 0 Å². The number of anilines is 1. The van der Waals surface area contributed by atoms with E-state index in [2.05, 4.69) is 5.32 Å². The van der Waals surface area contributed by atoms with Crippen LogP contribution in [0.25, 0.3) is 16.3 Å². The van der Waals surface area contributed by atoms with Crippen LogP contribution in [-0.2, 0) is 4.79 Å². The Kier molecular flexibility index (Phi) is 5.85. The van der Waals surface area contributed by atoms with Crippen LogP contribution < -0.4 is 5.32 Å². The van der Waals surface area contributed by atoms with E-state index in [1.165, 1.54) is 24.3 Å². The lowest BCUT2D eigenvalue weighted by Gasteiger charge is -2.16. The lowest BCUT2D eigenvalue weighted by atomic mass is 10.0. The van der Waals surface area contributed by atoms with Gasteiger partial charge in [-0.3, -0.25) is 9.59 Å². The van der Waals surface area contributed by atoms with Crippen molar-refractivity contribution in [3.05, 3.63) is 95.6 Å². The lowest BCUT2D eigenvalue weighted by Crippen LogP contribution is -2.28. The van der Waals surface area contributed by atoms with E-state index in [-0.39, 0.29) is 17.2 Å². The van der Waals surface area contributed by atoms with Gasteiger partial charge in [-0.15, -0.1) is 0 Å². The lowest BCUT2D eigenvalue weighted by molar-refractivity contribution is -0.111. The van der Waals surface area contributed by atoms with Gasteiger partial charge in [0.2, 0.25) is 5.91 Å². The minimum absolute atomic E-state index is 0.0776. The van der Waals surface area contributed by atoms with Gasteiger partial charge in [-0.25, -0.2) is 4.79 Å². The number of benzene rings is 3. The molecule has 160 valence electrons. The Labute approximate surface area is 185 Å². The van der Waals surface area contributed by atoms with Gasteiger partial charge in [0.05, 0.1) is 11.3 Å². The van der Waals surface area contributed by atoms with E-state index in [4.69, 9.17) is 0 Å². The van der Waals surface area contributed by atoms with Gasteiger partial charge in [0.25, 0.3) is 5.91 Å². The Morgan fingerprint density at radius 3 is 2.31 bits per heavy atom. The molecular weight excluding hydrogens is 404 g/mol. The van der Waals surface area contributed by atoms with Crippen LogP contribution in [0.2, 0.25) is 0 Å². The number of hydrogen-bond donors (Lipinski definition) is 2. The molecule has 32 heavy (non-hydrogen) atoms. The summed E-state index contributed by atoms with van der Waals surface area (Å²) in [6.07, 6.45) is 5.22. The Hall–Kier alpha value is -4.19. The first-order chi connectivity index (χ1) is 15.4. The largest absolute Gasteiger partial charge is 0.478 e. The summed E-state index contributed by atoms with van der Waals surface area (Å²) in [5, 5.41) is 14.3. The van der Waals surface area contributed by atoms with Gasteiger partial charge >= 0.3 is 5.97 Å². The van der Waals surface area contributed by atoms with Crippen LogP contribution >= 0.6 is 0 Å². The Balaban J connectivity index is 1.58. The molecule has 0 aliphatic carbocycles. The highest BCUT2D eigenvalue weighted by atomic mass is 16.4. The molecule has 0 fully saturated rings. The standard InChI is InChI=1S/C26H22N2O4/c1-17(19-9-8-18-6-2-3-7-20(18)15-19)14-24(29)27-23-16-21(10-11-22(23)26(31)32)25(30)28-12-4-5-13-28/h2-11,14-16H,12-13H2,1H3,(H,27,29)(H,31,32). The van der Waals surface area contributed by atoms with Gasteiger partial charge in [0, 0.05) is 24.7 Å². The molecule has 2 amide bonds. The van der Waals surface area contributed by atoms with Gasteiger partial charge in [-0.2, -0.15) is 0 Å². The molecule has 1 heterocycles. The summed E-state index contributed by atoms with van der Waals surface area (Å²) in [5.41, 5.74) is 1.96. The van der Waals surface area contributed by atoms with Crippen LogP contribution in [-0.4, -0.2) is 40.9 Å². The average Bonchev–Trinajstić information content (AvgIpc) is 3.33. The van der Waals surface area contributed by atoms with Gasteiger partial charge in [-0.05, 0) is 53.1 Å². The van der Waals surface area contributed by atoms with E-state index in [0.29, 0.717) is 18.7 Å². The molecule has 6 heteroatoms. The molecule has 4 rings (SSSR count). The maximum absolute atomic E-state index is 12.7. The second-order valence-electron chi connectivity index (χ2n) is 7.63. The predicted molar refractivity (Wildman–Crippen MR) is 125 cm³/mol. The number of carbonyl (C=O) groups excluding carboxylic acids is 2. The number of carboxylic acids is 1. The van der Waals surface area contributed by atoms with E-state index in [1.54, 1.807) is 4.90 Å². The molecule has 0 atom stereocenters. The molecule has 0 aromatic heterocycles. The third-order valence-corrected chi connectivity index (χ3v) is 5.41. The normalized spacial score (nSPS) is 13.4. The number of carboxylic acid groups (broad SMARTS) is 1. The van der Waals surface area contributed by atoms with Gasteiger partial charge in [0.1, 0.15) is 0 Å². The highest BCUT2D eigenvalue weighted by molar-refractivity contribution is 6.08. The molecule has 0 radical (unpaired) electrons. The van der Waals surface area contributed by atoms with Crippen LogP contribution in [0.5, 0.6) is 0 Å². The summed E-state index contributed by atoms with van der Waals surface area (Å²) in [5.74, 6) is -1.87. The summed E-state index contributed by atoms with van der Waals surface area (Å²) >= 11 is 0. The van der Waals surface area contributed by atoms with Gasteiger partial charge < -0.3 is 15.3 Å². The summed E-state index contributed by atoms with van der Waals surface area (Å²) < 4.78 is 0. The van der Waals surface area contributed by atoms with Crippen molar-refractivity contribution in [2.45, 2.75) is 6.92 Å². The SMILES string of the molecule is CC(=CC(=O)Nc1cc(C(=O)N2CC=CC2)ccc1C(=O)O)c1ccc2ccccc2c1. The fourth-order valence-electron chi connectivity index (χ4n) is 3.68. The molecule has 0 saturated heterocycles. The average molecular weight is 426 g/mol. The zero-order chi connectivity index (χ0) is 22.7. The number of nitrogens with one attached hydrogen (secondary N) is 1. The van der Waals surface area contributed by atoms with E-state index < -0.39 is 11.9 Å². The number of aromatic carboxylic acids is 1. The second kappa shape index (κ2) is 8.89. The summed E-state index contributed by atoms with van der Waals surface area (Å²) in [4.78, 5) is 38.6. The first-order valence-corrected chi connectivity index (χ1v) is 10.2. The number of carbonyl (C=O) groups is 3. The zero-order valence-corrected chi connectivity index (χ0v) is 17.5. The number of rotatable bonds is 5. The molecule has 0 unspecified atom stereocenters. The summed E-state index contributed by atoms with van der Waals surface area (Å²) in [7, 11) is 0. The van der Waals surface area contributed by atoms with Crippen molar-refractivity contribution >= 4 is 39.8 Å². The van der Waals surface area contributed by atoms with Gasteiger partial charge in [0.15, 0.2) is 0 Å². The first-order valence-electron chi connectivity index (χ1n) is 10.2. The smallest absolute Gasteiger partial charge is 0.337 e. The Bertz CT molecular complexity index is 1280. The molecule has 1 aliphatic heterocycles. The van der Waals surface area contributed by atoms with E-state index in [0.717, 1.165) is 21.9 Å². The molecule has 0 spiro atoms. The molecule has 6 nitrogen and oxygen atoms in total. The Morgan fingerprint density at radius 2 is 1.59 bits per heavy atom. The number of allylic oxidation sites excluding steroid dienone is 1. The van der Waals surface area contributed by atoms with Gasteiger partial charge in [-0.1, -0.05) is 48.6 Å². The highest BCUT2D eigenvalue weighted by Gasteiger charge is 2.20.